The van der Waals surface area contributed by atoms with Gasteiger partial charge in [0.1, 0.15) is 5.82 Å². The number of halogens is 1. The van der Waals surface area contributed by atoms with Crippen LogP contribution in [0.15, 0.2) is 18.2 Å². The standard InChI is InChI=1S/C12H16FNO3/c1-3-12(2,17)7-14-10-8(11(15)16)5-4-6-9(10)13/h4-6,14,17H,3,7H2,1-2H3,(H,15,16). The second kappa shape index (κ2) is 5.14. The molecule has 0 aromatic heterocycles. The molecule has 1 aromatic carbocycles. The molecule has 0 bridgehead atoms. The van der Waals surface area contributed by atoms with Crippen LogP contribution in [0, 0.1) is 5.82 Å². The van der Waals surface area contributed by atoms with Crippen molar-refractivity contribution in [2.24, 2.45) is 0 Å². The Kier molecular flexibility index (Phi) is 4.07. The van der Waals surface area contributed by atoms with Crippen molar-refractivity contribution in [2.75, 3.05) is 11.9 Å². The lowest BCUT2D eigenvalue weighted by Crippen LogP contribution is -2.33. The lowest BCUT2D eigenvalue weighted by molar-refractivity contribution is 0.0676. The zero-order valence-corrected chi connectivity index (χ0v) is 9.83. The van der Waals surface area contributed by atoms with Gasteiger partial charge in [-0.05, 0) is 25.5 Å². The Morgan fingerprint density at radius 2 is 2.18 bits per heavy atom. The van der Waals surface area contributed by atoms with Crippen molar-refractivity contribution in [3.63, 3.8) is 0 Å². The van der Waals surface area contributed by atoms with Gasteiger partial charge in [-0.15, -0.1) is 0 Å². The Morgan fingerprint density at radius 1 is 1.53 bits per heavy atom. The van der Waals surface area contributed by atoms with Gasteiger partial charge in [0.05, 0.1) is 16.9 Å². The molecule has 1 aromatic rings. The largest absolute Gasteiger partial charge is 0.478 e. The third-order valence-corrected chi connectivity index (χ3v) is 2.65. The van der Waals surface area contributed by atoms with Gasteiger partial charge in [-0.25, -0.2) is 9.18 Å². The maximum atomic E-state index is 13.5. The van der Waals surface area contributed by atoms with Crippen LogP contribution in [0.4, 0.5) is 10.1 Å². The van der Waals surface area contributed by atoms with Gasteiger partial charge < -0.3 is 15.5 Å². The molecule has 94 valence electrons. The molecule has 5 heteroatoms. The van der Waals surface area contributed by atoms with Crippen LogP contribution in [0.1, 0.15) is 30.6 Å². The molecule has 1 atom stereocenters. The molecule has 0 aliphatic rings. The average molecular weight is 241 g/mol. The number of hydrogen-bond donors (Lipinski definition) is 3. The highest BCUT2D eigenvalue weighted by atomic mass is 19.1. The van der Waals surface area contributed by atoms with E-state index in [1.807, 2.05) is 0 Å². The van der Waals surface area contributed by atoms with Crippen LogP contribution in [0.25, 0.3) is 0 Å². The predicted octanol–water partition coefficient (Wildman–Crippen LogP) is 2.10. The zero-order chi connectivity index (χ0) is 13.1. The van der Waals surface area contributed by atoms with Crippen molar-refractivity contribution in [3.8, 4) is 0 Å². The molecule has 3 N–H and O–H groups in total. The number of anilines is 1. The smallest absolute Gasteiger partial charge is 0.337 e. The number of para-hydroxylation sites is 1. The summed E-state index contributed by atoms with van der Waals surface area (Å²) in [5, 5.41) is 21.3. The van der Waals surface area contributed by atoms with Crippen molar-refractivity contribution in [2.45, 2.75) is 25.9 Å². The molecule has 0 spiro atoms. The fourth-order valence-corrected chi connectivity index (χ4v) is 1.29. The number of rotatable bonds is 5. The first kappa shape index (κ1) is 13.4. The third kappa shape index (κ3) is 3.42. The van der Waals surface area contributed by atoms with Crippen LogP contribution in [-0.2, 0) is 0 Å². The second-order valence-electron chi connectivity index (χ2n) is 4.17. The van der Waals surface area contributed by atoms with Crippen LogP contribution in [-0.4, -0.2) is 28.3 Å². The minimum Gasteiger partial charge on any atom is -0.478 e. The number of aliphatic hydroxyl groups is 1. The molecule has 0 saturated heterocycles. The molecular formula is C12H16FNO3. The summed E-state index contributed by atoms with van der Waals surface area (Å²) >= 11 is 0. The van der Waals surface area contributed by atoms with Gasteiger partial charge in [0.15, 0.2) is 0 Å². The Labute approximate surface area is 99.1 Å². The van der Waals surface area contributed by atoms with Crippen LogP contribution in [0.2, 0.25) is 0 Å². The Balaban J connectivity index is 2.94. The van der Waals surface area contributed by atoms with Gasteiger partial charge in [0.2, 0.25) is 0 Å². The summed E-state index contributed by atoms with van der Waals surface area (Å²) in [6, 6.07) is 3.83. The molecule has 17 heavy (non-hydrogen) atoms. The lowest BCUT2D eigenvalue weighted by Gasteiger charge is -2.23. The lowest BCUT2D eigenvalue weighted by atomic mass is 10.0. The molecular weight excluding hydrogens is 225 g/mol. The number of carboxylic acid groups (broad SMARTS) is 1. The van der Waals surface area contributed by atoms with E-state index < -0.39 is 17.4 Å². The van der Waals surface area contributed by atoms with Gasteiger partial charge in [0.25, 0.3) is 0 Å². The molecule has 1 rings (SSSR count). The number of hydrogen-bond acceptors (Lipinski definition) is 3. The molecule has 0 aliphatic heterocycles. The first-order chi connectivity index (χ1) is 7.87. The Bertz CT molecular complexity index is 418. The van der Waals surface area contributed by atoms with E-state index in [0.717, 1.165) is 0 Å². The third-order valence-electron chi connectivity index (χ3n) is 2.65. The van der Waals surface area contributed by atoms with Gasteiger partial charge in [-0.1, -0.05) is 13.0 Å². The van der Waals surface area contributed by atoms with E-state index in [2.05, 4.69) is 5.32 Å². The average Bonchev–Trinajstić information content (AvgIpc) is 2.27. The highest BCUT2D eigenvalue weighted by Crippen LogP contribution is 2.21. The van der Waals surface area contributed by atoms with E-state index in [4.69, 9.17) is 5.11 Å². The van der Waals surface area contributed by atoms with Crippen LogP contribution < -0.4 is 5.32 Å². The molecule has 0 saturated carbocycles. The number of carbonyl (C=O) groups is 1. The number of benzene rings is 1. The molecule has 0 radical (unpaired) electrons. The van der Waals surface area contributed by atoms with E-state index in [9.17, 15) is 14.3 Å². The van der Waals surface area contributed by atoms with Crippen LogP contribution in [0.5, 0.6) is 0 Å². The molecule has 0 heterocycles. The molecule has 4 nitrogen and oxygen atoms in total. The summed E-state index contributed by atoms with van der Waals surface area (Å²) in [4.78, 5) is 10.9. The number of nitrogens with one attached hydrogen (secondary N) is 1. The molecule has 1 unspecified atom stereocenters. The minimum absolute atomic E-state index is 0.0880. The zero-order valence-electron chi connectivity index (χ0n) is 9.83. The van der Waals surface area contributed by atoms with Gasteiger partial charge in [-0.3, -0.25) is 0 Å². The van der Waals surface area contributed by atoms with Crippen LogP contribution in [0.3, 0.4) is 0 Å². The molecule has 0 fully saturated rings. The SMILES string of the molecule is CCC(C)(O)CNc1c(F)cccc1C(=O)O. The van der Waals surface area contributed by atoms with Gasteiger partial charge in [-0.2, -0.15) is 0 Å². The fraction of sp³-hybridized carbons (Fsp3) is 0.417. The molecule has 0 amide bonds. The Hall–Kier alpha value is -1.62. The van der Waals surface area contributed by atoms with Crippen molar-refractivity contribution >= 4 is 11.7 Å². The maximum Gasteiger partial charge on any atom is 0.337 e. The van der Waals surface area contributed by atoms with Crippen molar-refractivity contribution in [1.82, 2.24) is 0 Å². The van der Waals surface area contributed by atoms with Crippen molar-refractivity contribution < 1.29 is 19.4 Å². The maximum absolute atomic E-state index is 13.5. The summed E-state index contributed by atoms with van der Waals surface area (Å²) in [7, 11) is 0. The van der Waals surface area contributed by atoms with Crippen molar-refractivity contribution in [3.05, 3.63) is 29.6 Å². The van der Waals surface area contributed by atoms with Crippen LogP contribution >= 0.6 is 0 Å². The highest BCUT2D eigenvalue weighted by Gasteiger charge is 2.20. The van der Waals surface area contributed by atoms with E-state index in [-0.39, 0.29) is 17.8 Å². The normalized spacial score (nSPS) is 14.1. The highest BCUT2D eigenvalue weighted by molar-refractivity contribution is 5.94. The van der Waals surface area contributed by atoms with Gasteiger partial charge >= 0.3 is 5.97 Å². The first-order valence-electron chi connectivity index (χ1n) is 5.35. The monoisotopic (exact) mass is 241 g/mol. The number of aromatic carboxylic acids is 1. The second-order valence-corrected chi connectivity index (χ2v) is 4.17. The summed E-state index contributed by atoms with van der Waals surface area (Å²) in [6.07, 6.45) is 0.483. The van der Waals surface area contributed by atoms with Gasteiger partial charge in [0, 0.05) is 6.54 Å². The Morgan fingerprint density at radius 3 is 2.71 bits per heavy atom. The minimum atomic E-state index is -1.21. The van der Waals surface area contributed by atoms with E-state index in [0.29, 0.717) is 6.42 Å². The topological polar surface area (TPSA) is 69.6 Å². The summed E-state index contributed by atoms with van der Waals surface area (Å²) in [6.45, 7) is 3.48. The summed E-state index contributed by atoms with van der Waals surface area (Å²) in [5.41, 5.74) is -1.23. The molecule has 0 aliphatic carbocycles. The van der Waals surface area contributed by atoms with Crippen molar-refractivity contribution in [1.29, 1.82) is 0 Å². The number of carboxylic acids is 1. The van der Waals surface area contributed by atoms with E-state index in [1.54, 1.807) is 13.8 Å². The summed E-state index contributed by atoms with van der Waals surface area (Å²) < 4.78 is 13.5. The fourth-order valence-electron chi connectivity index (χ4n) is 1.29. The first-order valence-corrected chi connectivity index (χ1v) is 5.35. The van der Waals surface area contributed by atoms with E-state index >= 15 is 0 Å². The quantitative estimate of drug-likeness (QED) is 0.738. The van der Waals surface area contributed by atoms with E-state index in [1.165, 1.54) is 18.2 Å². The summed E-state index contributed by atoms with van der Waals surface area (Å²) in [5.74, 6) is -1.85. The predicted molar refractivity (Wildman–Crippen MR) is 62.8 cm³/mol.